The van der Waals surface area contributed by atoms with E-state index in [1.807, 2.05) is 0 Å². The van der Waals surface area contributed by atoms with Crippen molar-refractivity contribution in [3.63, 3.8) is 0 Å². The molecule has 7 heteroatoms. The van der Waals surface area contributed by atoms with E-state index in [-0.39, 0.29) is 0 Å². The summed E-state index contributed by atoms with van der Waals surface area (Å²) in [6.07, 6.45) is 0. The molecule has 0 unspecified atom stereocenters. The molecule has 0 atom stereocenters. The first-order valence-corrected chi connectivity index (χ1v) is 6.61. The lowest BCUT2D eigenvalue weighted by Crippen LogP contribution is -2.34. The van der Waals surface area contributed by atoms with Gasteiger partial charge in [0.15, 0.2) is 0 Å². The fraction of sp³-hybridized carbons (Fsp3) is 0.571. The Morgan fingerprint density at radius 1 is 1.36 bits per heavy atom. The van der Waals surface area contributed by atoms with Gasteiger partial charge in [-0.15, -0.1) is 11.8 Å². The zero-order chi connectivity index (χ0) is 10.6. The van der Waals surface area contributed by atoms with Gasteiger partial charge in [0.2, 0.25) is 0 Å². The van der Waals surface area contributed by atoms with Crippen molar-refractivity contribution in [1.29, 1.82) is 0 Å². The molecule has 0 aromatic carbocycles. The molecule has 0 saturated carbocycles. The summed E-state index contributed by atoms with van der Waals surface area (Å²) in [5.74, 6) is -0.00214. The van der Waals surface area contributed by atoms with E-state index in [0.717, 1.165) is 5.75 Å². The normalized spacial score (nSPS) is 15.2. The van der Waals surface area contributed by atoms with E-state index in [1.165, 1.54) is 25.6 Å². The Morgan fingerprint density at radius 3 is 2.29 bits per heavy atom. The summed E-state index contributed by atoms with van der Waals surface area (Å²) in [4.78, 5) is 25.6. The van der Waals surface area contributed by atoms with E-state index < -0.39 is 21.2 Å². The van der Waals surface area contributed by atoms with Gasteiger partial charge in [0.05, 0.1) is 0 Å². The molecule has 5 nitrogen and oxygen atoms in total. The highest BCUT2D eigenvalue weighted by atomic mass is 32.2. The Labute approximate surface area is 87.7 Å². The van der Waals surface area contributed by atoms with E-state index in [4.69, 9.17) is 8.85 Å². The van der Waals surface area contributed by atoms with Crippen LogP contribution >= 0.6 is 11.8 Å². The molecule has 0 amide bonds. The summed E-state index contributed by atoms with van der Waals surface area (Å²) < 4.78 is 10.6. The molecule has 78 valence electrons. The summed E-state index contributed by atoms with van der Waals surface area (Å²) in [7, 11) is -2.39. The van der Waals surface area contributed by atoms with E-state index >= 15 is 0 Å². The molecule has 0 bridgehead atoms. The molecule has 1 aliphatic heterocycles. The second-order valence-electron chi connectivity index (χ2n) is 2.62. The maximum absolute atomic E-state index is 10.7. The molecule has 0 saturated heterocycles. The quantitative estimate of drug-likeness (QED) is 0.643. The average Bonchev–Trinajstić information content (AvgIpc) is 2.52. The Hall–Kier alpha value is -0.823. The summed E-state index contributed by atoms with van der Waals surface area (Å²) in [6, 6.07) is 0. The van der Waals surface area contributed by atoms with Crippen molar-refractivity contribution in [2.75, 3.05) is 12.3 Å². The van der Waals surface area contributed by atoms with Gasteiger partial charge in [-0.1, -0.05) is 0 Å². The molecule has 1 aliphatic rings. The van der Waals surface area contributed by atoms with Crippen molar-refractivity contribution < 1.29 is 18.4 Å². The first kappa shape index (κ1) is 11.3. The summed E-state index contributed by atoms with van der Waals surface area (Å²) in [5.41, 5.74) is 0. The van der Waals surface area contributed by atoms with Crippen molar-refractivity contribution in [3.05, 3.63) is 0 Å². The van der Waals surface area contributed by atoms with Crippen molar-refractivity contribution in [2.24, 2.45) is 4.99 Å². The van der Waals surface area contributed by atoms with Crippen LogP contribution in [-0.4, -0.2) is 38.2 Å². The molecule has 14 heavy (non-hydrogen) atoms. The second kappa shape index (κ2) is 5.16. The fourth-order valence-electron chi connectivity index (χ4n) is 0.921. The summed E-state index contributed by atoms with van der Waals surface area (Å²) in [5, 5.41) is 0. The monoisotopic (exact) mass is 233 g/mol. The number of nitrogens with zero attached hydrogens (tertiary/aromatic N) is 1. The lowest BCUT2D eigenvalue weighted by atomic mass is 10.8. The Balaban J connectivity index is 2.60. The number of carbonyl (C=O) groups is 2. The molecular weight excluding hydrogens is 222 g/mol. The molecule has 0 aromatic heterocycles. The minimum absolute atomic E-state index is 0.432. The first-order chi connectivity index (χ1) is 6.59. The van der Waals surface area contributed by atoms with Crippen LogP contribution in [0.1, 0.15) is 13.8 Å². The third-order valence-corrected chi connectivity index (χ3v) is 4.92. The smallest absolute Gasteiger partial charge is 0.483 e. The van der Waals surface area contributed by atoms with E-state index in [0.29, 0.717) is 11.2 Å². The van der Waals surface area contributed by atoms with Gasteiger partial charge in [-0.3, -0.25) is 14.6 Å². The van der Waals surface area contributed by atoms with E-state index in [1.54, 1.807) is 0 Å². The number of hydrogen-bond donors (Lipinski definition) is 0. The Morgan fingerprint density at radius 2 is 1.93 bits per heavy atom. The molecule has 1 heterocycles. The lowest BCUT2D eigenvalue weighted by molar-refractivity contribution is -0.137. The van der Waals surface area contributed by atoms with Crippen LogP contribution in [0.4, 0.5) is 0 Å². The molecule has 0 aromatic rings. The predicted octanol–water partition coefficient (Wildman–Crippen LogP) is 0.0176. The maximum Gasteiger partial charge on any atom is 0.508 e. The minimum Gasteiger partial charge on any atom is -0.483 e. The molecule has 0 spiro atoms. The fourth-order valence-corrected chi connectivity index (χ4v) is 3.81. The number of thioether (sulfide) groups is 1. The van der Waals surface area contributed by atoms with Crippen LogP contribution in [0.25, 0.3) is 0 Å². The Kier molecular flexibility index (Phi) is 4.14. The minimum atomic E-state index is -2.39. The summed E-state index contributed by atoms with van der Waals surface area (Å²) >= 11 is 1.49. The van der Waals surface area contributed by atoms with Crippen LogP contribution in [0.2, 0.25) is 0 Å². The van der Waals surface area contributed by atoms with Crippen molar-refractivity contribution >= 4 is 37.7 Å². The first-order valence-electron chi connectivity index (χ1n) is 4.11. The third kappa shape index (κ3) is 3.50. The summed E-state index contributed by atoms with van der Waals surface area (Å²) in [6.45, 7) is 3.29. The molecule has 0 aliphatic carbocycles. The third-order valence-electron chi connectivity index (χ3n) is 1.36. The van der Waals surface area contributed by atoms with Crippen molar-refractivity contribution in [1.82, 2.24) is 0 Å². The largest absolute Gasteiger partial charge is 0.508 e. The van der Waals surface area contributed by atoms with Gasteiger partial charge >= 0.3 is 9.28 Å². The zero-order valence-corrected chi connectivity index (χ0v) is 9.95. The molecular formula is C7H11NO4SSi. The Bertz CT molecular complexity index is 265. The predicted molar refractivity (Wildman–Crippen MR) is 55.4 cm³/mol. The molecule has 0 radical (unpaired) electrons. The van der Waals surface area contributed by atoms with Crippen molar-refractivity contribution in [3.8, 4) is 0 Å². The van der Waals surface area contributed by atoms with Gasteiger partial charge in [0.1, 0.15) is 4.67 Å². The number of aliphatic imine (C=N–C) groups is 1. The van der Waals surface area contributed by atoms with Gasteiger partial charge < -0.3 is 8.85 Å². The topological polar surface area (TPSA) is 65.0 Å². The second-order valence-corrected chi connectivity index (χ2v) is 5.83. The maximum atomic E-state index is 10.7. The van der Waals surface area contributed by atoms with Gasteiger partial charge in [-0.25, -0.2) is 0 Å². The van der Waals surface area contributed by atoms with E-state index in [2.05, 4.69) is 4.99 Å². The van der Waals surface area contributed by atoms with Gasteiger partial charge in [0.25, 0.3) is 11.9 Å². The van der Waals surface area contributed by atoms with E-state index in [9.17, 15) is 9.59 Å². The van der Waals surface area contributed by atoms with Crippen LogP contribution < -0.4 is 0 Å². The molecule has 1 rings (SSSR count). The molecule has 0 N–H and O–H groups in total. The highest BCUT2D eigenvalue weighted by molar-refractivity contribution is 8.17. The van der Waals surface area contributed by atoms with Crippen LogP contribution in [0.5, 0.6) is 0 Å². The van der Waals surface area contributed by atoms with Gasteiger partial charge in [-0.05, 0) is 0 Å². The number of hydrogen-bond acceptors (Lipinski definition) is 6. The van der Waals surface area contributed by atoms with Crippen LogP contribution in [0.15, 0.2) is 4.99 Å². The van der Waals surface area contributed by atoms with Gasteiger partial charge in [0, 0.05) is 26.1 Å². The SMILES string of the molecule is CC(=O)O[SiH](OC(C)=O)C1=NCCS1. The average molecular weight is 233 g/mol. The van der Waals surface area contributed by atoms with Crippen LogP contribution in [-0.2, 0) is 18.4 Å². The lowest BCUT2D eigenvalue weighted by Gasteiger charge is -2.13. The highest BCUT2D eigenvalue weighted by Gasteiger charge is 2.29. The highest BCUT2D eigenvalue weighted by Crippen LogP contribution is 2.15. The van der Waals surface area contributed by atoms with Crippen LogP contribution in [0, 0.1) is 0 Å². The number of rotatable bonds is 3. The zero-order valence-electron chi connectivity index (χ0n) is 7.98. The van der Waals surface area contributed by atoms with Crippen molar-refractivity contribution in [2.45, 2.75) is 13.8 Å². The number of carbonyl (C=O) groups excluding carboxylic acids is 2. The molecule has 0 fully saturated rings. The van der Waals surface area contributed by atoms with Gasteiger partial charge in [-0.2, -0.15) is 0 Å². The standard InChI is InChI=1S/C7H11NO4SSi/c1-5(9)11-14(12-6(2)10)7-8-3-4-13-7/h14H,3-4H2,1-2H3. The van der Waals surface area contributed by atoms with Crippen LogP contribution in [0.3, 0.4) is 0 Å².